The third kappa shape index (κ3) is 5.06. The van der Waals surface area contributed by atoms with Crippen molar-refractivity contribution >= 4 is 44.9 Å². The quantitative estimate of drug-likeness (QED) is 0.218. The average Bonchev–Trinajstić information content (AvgIpc) is 3.79. The Hall–Kier alpha value is -4.26. The second kappa shape index (κ2) is 11.9. The van der Waals surface area contributed by atoms with E-state index in [0.29, 0.717) is 46.7 Å². The van der Waals surface area contributed by atoms with Crippen LogP contribution in [0.25, 0.3) is 32.9 Å². The summed E-state index contributed by atoms with van der Waals surface area (Å²) in [6, 6.07) is 13.3. The van der Waals surface area contributed by atoms with Crippen LogP contribution >= 0.6 is 11.6 Å². The van der Waals surface area contributed by atoms with Gasteiger partial charge >= 0.3 is 0 Å². The van der Waals surface area contributed by atoms with Crippen molar-refractivity contribution in [1.82, 2.24) is 19.8 Å². The van der Waals surface area contributed by atoms with Gasteiger partial charge in [-0.05, 0) is 69.1 Å². The van der Waals surface area contributed by atoms with Crippen LogP contribution < -0.4 is 10.1 Å². The number of ether oxygens (including phenoxy) is 1. The lowest BCUT2D eigenvalue weighted by Gasteiger charge is -2.31. The Kier molecular flexibility index (Phi) is 7.80. The molecular formula is C35H34ClFN6O2. The second-order valence-corrected chi connectivity index (χ2v) is 12.6. The number of rotatable bonds is 8. The lowest BCUT2D eigenvalue weighted by molar-refractivity contribution is -0.126. The van der Waals surface area contributed by atoms with Crippen molar-refractivity contribution in [3.05, 3.63) is 71.7 Å². The molecule has 3 aliphatic rings. The van der Waals surface area contributed by atoms with Crippen molar-refractivity contribution < 1.29 is 13.9 Å². The number of hydrogen-bond donors (Lipinski definition) is 1. The number of nitrogens with zero attached hydrogens (tertiary/aromatic N) is 5. The molecule has 1 N–H and O–H groups in total. The molecule has 1 atom stereocenters. The summed E-state index contributed by atoms with van der Waals surface area (Å²) < 4.78 is 23.1. The predicted molar refractivity (Wildman–Crippen MR) is 174 cm³/mol. The van der Waals surface area contributed by atoms with Crippen LogP contribution in [-0.2, 0) is 4.79 Å². The summed E-state index contributed by atoms with van der Waals surface area (Å²) in [6.45, 7) is 7.09. The molecule has 2 aromatic heterocycles. The molecule has 0 unspecified atom stereocenters. The zero-order valence-corrected chi connectivity index (χ0v) is 25.7. The summed E-state index contributed by atoms with van der Waals surface area (Å²) in [4.78, 5) is 26.0. The van der Waals surface area contributed by atoms with Crippen LogP contribution in [0, 0.1) is 17.1 Å². The molecule has 10 heteroatoms. The van der Waals surface area contributed by atoms with Gasteiger partial charge in [-0.2, -0.15) is 5.26 Å². The maximum atomic E-state index is 16.7. The summed E-state index contributed by atoms with van der Waals surface area (Å²) in [5.41, 5.74) is 1.23. The van der Waals surface area contributed by atoms with Gasteiger partial charge in [0.2, 0.25) is 11.8 Å². The number of nitriles is 1. The van der Waals surface area contributed by atoms with E-state index in [1.54, 1.807) is 23.2 Å². The Balaban J connectivity index is 1.34. The van der Waals surface area contributed by atoms with Gasteiger partial charge in [0.1, 0.15) is 29.5 Å². The molecule has 8 nitrogen and oxygen atoms in total. The number of likely N-dealkylation sites (tertiary alicyclic amines) is 1. The van der Waals surface area contributed by atoms with E-state index in [2.05, 4.69) is 32.8 Å². The van der Waals surface area contributed by atoms with Crippen molar-refractivity contribution in [1.29, 1.82) is 5.26 Å². The fourth-order valence-corrected chi connectivity index (χ4v) is 7.86. The molecular weight excluding hydrogens is 591 g/mol. The van der Waals surface area contributed by atoms with E-state index in [0.717, 1.165) is 57.0 Å². The highest BCUT2D eigenvalue weighted by molar-refractivity contribution is 6.36. The smallest absolute Gasteiger partial charge is 0.246 e. The van der Waals surface area contributed by atoms with Crippen LogP contribution in [0.5, 0.6) is 5.88 Å². The normalized spacial score (nSPS) is 19.1. The molecule has 2 aromatic carbocycles. The number of carbonyl (C=O) groups excluding carboxylic acids is 1. The first-order valence-corrected chi connectivity index (χ1v) is 16.0. The highest BCUT2D eigenvalue weighted by Gasteiger charge is 2.45. The van der Waals surface area contributed by atoms with Gasteiger partial charge < -0.3 is 15.0 Å². The van der Waals surface area contributed by atoms with Gasteiger partial charge in [0, 0.05) is 46.7 Å². The highest BCUT2D eigenvalue weighted by atomic mass is 35.5. The minimum Gasteiger partial charge on any atom is -0.475 e. The fraction of sp³-hybridized carbons (Fsp3) is 0.371. The van der Waals surface area contributed by atoms with Gasteiger partial charge in [0.15, 0.2) is 5.82 Å². The third-order valence-corrected chi connectivity index (χ3v) is 10.1. The number of anilines is 1. The van der Waals surface area contributed by atoms with E-state index in [-0.39, 0.29) is 40.1 Å². The van der Waals surface area contributed by atoms with Crippen molar-refractivity contribution in [2.75, 3.05) is 38.1 Å². The number of benzene rings is 2. The number of halogens is 2. The maximum Gasteiger partial charge on any atom is 0.246 e. The van der Waals surface area contributed by atoms with Crippen molar-refractivity contribution in [2.45, 2.75) is 50.1 Å². The SMILES string of the molecule is C=CC(=O)N1CCC[C@H]1CNc1c(C#N)c(OCC23CCCN2CCC3)nc2c(F)c(-c3cccc4cccc(Cl)c34)ncc12. The van der Waals surface area contributed by atoms with Gasteiger partial charge in [-0.25, -0.2) is 9.37 Å². The minimum absolute atomic E-state index is 0.0539. The lowest BCUT2D eigenvalue weighted by Crippen LogP contribution is -2.43. The monoisotopic (exact) mass is 624 g/mol. The first kappa shape index (κ1) is 29.5. The summed E-state index contributed by atoms with van der Waals surface area (Å²) >= 11 is 6.60. The molecule has 0 aliphatic carbocycles. The Morgan fingerprint density at radius 2 is 1.98 bits per heavy atom. The van der Waals surface area contributed by atoms with Gasteiger partial charge in [-0.3, -0.25) is 14.7 Å². The van der Waals surface area contributed by atoms with Gasteiger partial charge in [0.25, 0.3) is 0 Å². The Morgan fingerprint density at radius 1 is 1.20 bits per heavy atom. The first-order chi connectivity index (χ1) is 21.9. The Labute approximate surface area is 266 Å². The second-order valence-electron chi connectivity index (χ2n) is 12.2. The van der Waals surface area contributed by atoms with Crippen LogP contribution in [-0.4, -0.2) is 70.0 Å². The number of carbonyl (C=O) groups is 1. The van der Waals surface area contributed by atoms with Crippen LogP contribution in [0.3, 0.4) is 0 Å². The molecule has 3 aliphatic heterocycles. The summed E-state index contributed by atoms with van der Waals surface area (Å²) in [5, 5.41) is 16.2. The highest BCUT2D eigenvalue weighted by Crippen LogP contribution is 2.42. The minimum atomic E-state index is -0.622. The number of aromatic nitrogens is 2. The molecule has 0 spiro atoms. The zero-order valence-electron chi connectivity index (χ0n) is 25.0. The largest absolute Gasteiger partial charge is 0.475 e. The molecule has 230 valence electrons. The van der Waals surface area contributed by atoms with Crippen LogP contribution in [0.1, 0.15) is 44.1 Å². The van der Waals surface area contributed by atoms with Crippen LogP contribution in [0.4, 0.5) is 10.1 Å². The molecule has 4 aromatic rings. The van der Waals surface area contributed by atoms with E-state index in [1.807, 2.05) is 24.3 Å². The molecule has 3 fully saturated rings. The van der Waals surface area contributed by atoms with E-state index in [1.165, 1.54) is 6.08 Å². The average molecular weight is 625 g/mol. The van der Waals surface area contributed by atoms with Gasteiger partial charge in [-0.15, -0.1) is 0 Å². The lowest BCUT2D eigenvalue weighted by atomic mass is 9.95. The number of pyridine rings is 2. The maximum absolute atomic E-state index is 16.7. The van der Waals surface area contributed by atoms with Crippen molar-refractivity contribution in [3.63, 3.8) is 0 Å². The zero-order chi connectivity index (χ0) is 31.1. The van der Waals surface area contributed by atoms with Gasteiger partial charge in [0.05, 0.1) is 11.2 Å². The van der Waals surface area contributed by atoms with Crippen LogP contribution in [0.2, 0.25) is 5.02 Å². The molecule has 45 heavy (non-hydrogen) atoms. The summed E-state index contributed by atoms with van der Waals surface area (Å²) in [6.07, 6.45) is 8.79. The number of hydrogen-bond acceptors (Lipinski definition) is 7. The van der Waals surface area contributed by atoms with E-state index >= 15 is 4.39 Å². The molecule has 0 saturated carbocycles. The molecule has 5 heterocycles. The van der Waals surface area contributed by atoms with E-state index < -0.39 is 5.82 Å². The molecule has 0 bridgehead atoms. The number of fused-ring (bicyclic) bond motifs is 3. The first-order valence-electron chi connectivity index (χ1n) is 15.6. The van der Waals surface area contributed by atoms with Gasteiger partial charge in [-0.1, -0.05) is 48.5 Å². The Bertz CT molecular complexity index is 1860. The Morgan fingerprint density at radius 3 is 2.73 bits per heavy atom. The standard InChI is InChI=1S/C35H34ClFN6O2/c1-2-28(44)43-17-5-10-23(43)19-39-31-25(18-38)34(45-21-35-13-6-15-42(35)16-7-14-35)41-33-26(31)20-40-32(30(33)37)24-11-3-8-22-9-4-12-27(36)29(22)24/h2-4,8-9,11-12,20,23H,1,5-7,10,13-17,19,21H2,(H,39,41)/t23-/m0/s1. The predicted octanol–water partition coefficient (Wildman–Crippen LogP) is 6.71. The van der Waals surface area contributed by atoms with Crippen molar-refractivity contribution in [3.8, 4) is 23.2 Å². The number of amides is 1. The van der Waals surface area contributed by atoms with E-state index in [9.17, 15) is 10.1 Å². The van der Waals surface area contributed by atoms with E-state index in [4.69, 9.17) is 16.3 Å². The molecule has 0 radical (unpaired) electrons. The molecule has 1 amide bonds. The summed E-state index contributed by atoms with van der Waals surface area (Å²) in [5.74, 6) is -0.660. The fourth-order valence-electron chi connectivity index (χ4n) is 7.58. The third-order valence-electron chi connectivity index (χ3n) is 9.80. The topological polar surface area (TPSA) is 94.4 Å². The number of nitrogens with one attached hydrogen (secondary N) is 1. The molecule has 7 rings (SSSR count). The van der Waals surface area contributed by atoms with Crippen LogP contribution in [0.15, 0.2) is 55.3 Å². The van der Waals surface area contributed by atoms with Crippen molar-refractivity contribution in [2.24, 2.45) is 0 Å². The summed E-state index contributed by atoms with van der Waals surface area (Å²) in [7, 11) is 0. The molecule has 3 saturated heterocycles.